The van der Waals surface area contributed by atoms with Crippen LogP contribution in [0.4, 0.5) is 16.0 Å². The molecule has 3 rings (SSSR count). The molecule has 2 heterocycles. The molecule has 0 unspecified atom stereocenters. The number of anilines is 1. The van der Waals surface area contributed by atoms with E-state index in [1.54, 1.807) is 24.4 Å². The Hall–Kier alpha value is -3.75. The first-order valence-corrected chi connectivity index (χ1v) is 7.50. The highest BCUT2D eigenvalue weighted by Crippen LogP contribution is 2.17. The lowest BCUT2D eigenvalue weighted by Gasteiger charge is -2.02. The second-order valence-electron chi connectivity index (χ2n) is 5.27. The van der Waals surface area contributed by atoms with E-state index in [1.165, 1.54) is 41.2 Å². The summed E-state index contributed by atoms with van der Waals surface area (Å²) < 4.78 is 20.0. The molecule has 3 aromatic rings. The van der Waals surface area contributed by atoms with Crippen LogP contribution in [0.1, 0.15) is 11.3 Å². The van der Waals surface area contributed by atoms with E-state index in [1.807, 2.05) is 0 Å². The first kappa shape index (κ1) is 17.1. The van der Waals surface area contributed by atoms with Crippen LogP contribution in [0, 0.1) is 15.9 Å². The summed E-state index contributed by atoms with van der Waals surface area (Å²) in [6.45, 7) is 0.231. The lowest BCUT2D eigenvalue weighted by molar-refractivity contribution is -0.402. The Kier molecular flexibility index (Phi) is 4.88. The Labute approximate surface area is 146 Å². The van der Waals surface area contributed by atoms with Crippen molar-refractivity contribution in [1.82, 2.24) is 9.78 Å². The molecule has 26 heavy (non-hydrogen) atoms. The van der Waals surface area contributed by atoms with Crippen molar-refractivity contribution < 1.29 is 18.5 Å². The number of nitrogens with zero attached hydrogens (tertiary/aromatic N) is 3. The second-order valence-corrected chi connectivity index (χ2v) is 5.27. The molecular weight excluding hydrogens is 343 g/mol. The van der Waals surface area contributed by atoms with E-state index >= 15 is 0 Å². The number of hydrogen-bond donors (Lipinski definition) is 1. The lowest BCUT2D eigenvalue weighted by atomic mass is 10.2. The summed E-state index contributed by atoms with van der Waals surface area (Å²) in [6, 6.07) is 8.94. The maximum absolute atomic E-state index is 13.6. The zero-order chi connectivity index (χ0) is 18.5. The maximum Gasteiger partial charge on any atom is 0.433 e. The summed E-state index contributed by atoms with van der Waals surface area (Å²) in [5.41, 5.74) is 0.911. The molecule has 0 aliphatic carbocycles. The third-order valence-corrected chi connectivity index (χ3v) is 3.38. The van der Waals surface area contributed by atoms with Gasteiger partial charge in [0.1, 0.15) is 16.5 Å². The molecule has 132 valence electrons. The zero-order valence-electron chi connectivity index (χ0n) is 13.3. The predicted octanol–water partition coefficient (Wildman–Crippen LogP) is 3.22. The van der Waals surface area contributed by atoms with E-state index in [2.05, 4.69) is 10.4 Å². The number of benzene rings is 1. The quantitative estimate of drug-likeness (QED) is 0.415. The fraction of sp³-hybridized carbons (Fsp3) is 0.0588. The summed E-state index contributed by atoms with van der Waals surface area (Å²) in [5.74, 6) is -1.01. The van der Waals surface area contributed by atoms with Gasteiger partial charge in [0.2, 0.25) is 5.91 Å². The van der Waals surface area contributed by atoms with Gasteiger partial charge in [-0.2, -0.15) is 5.10 Å². The molecule has 1 amide bonds. The maximum atomic E-state index is 13.6. The van der Waals surface area contributed by atoms with E-state index in [0.717, 1.165) is 0 Å². The third kappa shape index (κ3) is 4.20. The minimum Gasteiger partial charge on any atom is -0.401 e. The number of halogens is 1. The molecule has 2 aromatic heterocycles. The average molecular weight is 356 g/mol. The summed E-state index contributed by atoms with van der Waals surface area (Å²) in [4.78, 5) is 21.7. The predicted molar refractivity (Wildman–Crippen MR) is 90.8 cm³/mol. The van der Waals surface area contributed by atoms with Gasteiger partial charge in [0, 0.05) is 17.8 Å². The molecular formula is C17H13FN4O4. The van der Waals surface area contributed by atoms with E-state index in [-0.39, 0.29) is 18.1 Å². The minimum absolute atomic E-state index is 0.182. The molecule has 1 N–H and O–H groups in total. The van der Waals surface area contributed by atoms with Gasteiger partial charge in [-0.05, 0) is 18.2 Å². The summed E-state index contributed by atoms with van der Waals surface area (Å²) in [7, 11) is 0. The van der Waals surface area contributed by atoms with Crippen molar-refractivity contribution in [3.8, 4) is 0 Å². The molecule has 0 saturated heterocycles. The Balaban J connectivity index is 1.59. The second kappa shape index (κ2) is 7.43. The average Bonchev–Trinajstić information content (AvgIpc) is 3.25. The van der Waals surface area contributed by atoms with Crippen LogP contribution in [0.2, 0.25) is 0 Å². The Morgan fingerprint density at radius 2 is 2.15 bits per heavy atom. The highest BCUT2D eigenvalue weighted by Gasteiger charge is 2.10. The fourth-order valence-corrected chi connectivity index (χ4v) is 2.19. The van der Waals surface area contributed by atoms with Crippen LogP contribution in [0.25, 0.3) is 6.08 Å². The van der Waals surface area contributed by atoms with Gasteiger partial charge in [-0.25, -0.2) is 4.39 Å². The van der Waals surface area contributed by atoms with Crippen LogP contribution in [-0.4, -0.2) is 20.6 Å². The Bertz CT molecular complexity index is 977. The molecule has 0 aliphatic rings. The molecule has 0 radical (unpaired) electrons. The number of nitro groups is 1. The van der Waals surface area contributed by atoms with E-state index < -0.39 is 16.7 Å². The van der Waals surface area contributed by atoms with Gasteiger partial charge in [-0.3, -0.25) is 19.6 Å². The molecule has 0 fully saturated rings. The largest absolute Gasteiger partial charge is 0.433 e. The first-order chi connectivity index (χ1) is 12.5. The number of nitrogens with one attached hydrogen (secondary N) is 1. The molecule has 0 saturated carbocycles. The topological polar surface area (TPSA) is 103 Å². The van der Waals surface area contributed by atoms with Crippen LogP contribution in [0.15, 0.2) is 59.3 Å². The van der Waals surface area contributed by atoms with Crippen molar-refractivity contribution in [1.29, 1.82) is 0 Å². The number of rotatable bonds is 6. The number of amides is 1. The van der Waals surface area contributed by atoms with Gasteiger partial charge in [-0.1, -0.05) is 18.2 Å². The Morgan fingerprint density at radius 3 is 2.88 bits per heavy atom. The van der Waals surface area contributed by atoms with Gasteiger partial charge >= 0.3 is 5.88 Å². The minimum atomic E-state index is -0.665. The van der Waals surface area contributed by atoms with Crippen molar-refractivity contribution >= 4 is 23.6 Å². The highest BCUT2D eigenvalue weighted by molar-refractivity contribution is 6.01. The third-order valence-electron chi connectivity index (χ3n) is 3.38. The fourth-order valence-electron chi connectivity index (χ4n) is 2.19. The van der Waals surface area contributed by atoms with Gasteiger partial charge < -0.3 is 9.73 Å². The lowest BCUT2D eigenvalue weighted by Crippen LogP contribution is -2.07. The monoisotopic (exact) mass is 356 g/mol. The summed E-state index contributed by atoms with van der Waals surface area (Å²) >= 11 is 0. The molecule has 9 heteroatoms. The number of carbonyl (C=O) groups is 1. The van der Waals surface area contributed by atoms with Crippen molar-refractivity contribution in [2.24, 2.45) is 0 Å². The summed E-state index contributed by atoms with van der Waals surface area (Å²) in [6.07, 6.45) is 5.49. The molecule has 0 atom stereocenters. The van der Waals surface area contributed by atoms with E-state index in [9.17, 15) is 19.3 Å². The smallest absolute Gasteiger partial charge is 0.401 e. The molecule has 0 spiro atoms. The highest BCUT2D eigenvalue weighted by atomic mass is 19.1. The number of aromatic nitrogens is 2. The van der Waals surface area contributed by atoms with Gasteiger partial charge in [0.25, 0.3) is 0 Å². The van der Waals surface area contributed by atoms with Gasteiger partial charge in [-0.15, -0.1) is 0 Å². The normalized spacial score (nSPS) is 11.0. The number of furan rings is 1. The van der Waals surface area contributed by atoms with E-state index in [0.29, 0.717) is 11.3 Å². The molecule has 0 aliphatic heterocycles. The number of carbonyl (C=O) groups excluding carboxylic acids is 1. The molecule has 0 bridgehead atoms. The van der Waals surface area contributed by atoms with Crippen LogP contribution >= 0.6 is 0 Å². The van der Waals surface area contributed by atoms with Crippen LogP contribution in [0.5, 0.6) is 0 Å². The van der Waals surface area contributed by atoms with Crippen molar-refractivity contribution in [3.63, 3.8) is 0 Å². The zero-order valence-corrected chi connectivity index (χ0v) is 13.3. The Morgan fingerprint density at radius 1 is 1.35 bits per heavy atom. The molecule has 1 aromatic carbocycles. The van der Waals surface area contributed by atoms with Crippen LogP contribution in [-0.2, 0) is 11.3 Å². The van der Waals surface area contributed by atoms with E-state index in [4.69, 9.17) is 4.42 Å². The standard InChI is InChI=1S/C17H13FN4O4/c18-15-4-2-1-3-12(15)10-21-11-13(9-19-21)20-16(23)7-5-14-6-8-17(26-14)22(24)25/h1-9,11H,10H2,(H,20,23)/b7-5+. The van der Waals surface area contributed by atoms with Crippen LogP contribution in [0.3, 0.4) is 0 Å². The number of hydrogen-bond acceptors (Lipinski definition) is 5. The van der Waals surface area contributed by atoms with Crippen molar-refractivity contribution in [2.75, 3.05) is 5.32 Å². The summed E-state index contributed by atoms with van der Waals surface area (Å²) in [5, 5.41) is 17.2. The SMILES string of the molecule is O=C(/C=C/c1ccc([N+](=O)[O-])o1)Nc1cnn(Cc2ccccc2F)c1. The van der Waals surface area contributed by atoms with Crippen LogP contribution < -0.4 is 5.32 Å². The van der Waals surface area contributed by atoms with Gasteiger partial charge in [0.15, 0.2) is 0 Å². The van der Waals surface area contributed by atoms with Crippen molar-refractivity contribution in [2.45, 2.75) is 6.54 Å². The van der Waals surface area contributed by atoms with Crippen molar-refractivity contribution in [3.05, 3.63) is 82.1 Å². The first-order valence-electron chi connectivity index (χ1n) is 7.50. The van der Waals surface area contributed by atoms with Gasteiger partial charge in [0.05, 0.1) is 24.5 Å². The molecule has 8 nitrogen and oxygen atoms in total.